The molecule has 1 heterocycles. The second-order valence-electron chi connectivity index (χ2n) is 4.87. The molecule has 0 bridgehead atoms. The first-order chi connectivity index (χ1) is 8.72. The summed E-state index contributed by atoms with van der Waals surface area (Å²) in [6, 6.07) is 9.18. The molecule has 3 nitrogen and oxygen atoms in total. The number of nitrogens with zero attached hydrogens (tertiary/aromatic N) is 1. The van der Waals surface area contributed by atoms with Crippen LogP contribution in [0.15, 0.2) is 24.3 Å². The van der Waals surface area contributed by atoms with Crippen LogP contribution >= 0.6 is 35.0 Å². The van der Waals surface area contributed by atoms with Gasteiger partial charge in [0.25, 0.3) is 0 Å². The SMILES string of the molecule is COC1CCN(Cc2ccc(I)cc2)C(CN)C1.Cl. The van der Waals surface area contributed by atoms with Gasteiger partial charge in [-0.1, -0.05) is 12.1 Å². The third-order valence-corrected chi connectivity index (χ3v) is 4.41. The van der Waals surface area contributed by atoms with Crippen molar-refractivity contribution in [2.45, 2.75) is 31.5 Å². The summed E-state index contributed by atoms with van der Waals surface area (Å²) in [5.41, 5.74) is 7.26. The van der Waals surface area contributed by atoms with Gasteiger partial charge in [-0.3, -0.25) is 4.90 Å². The van der Waals surface area contributed by atoms with Crippen LogP contribution in [-0.4, -0.2) is 37.2 Å². The highest BCUT2D eigenvalue weighted by molar-refractivity contribution is 14.1. The molecule has 1 saturated heterocycles. The van der Waals surface area contributed by atoms with E-state index in [0.717, 1.165) is 25.9 Å². The fraction of sp³-hybridized carbons (Fsp3) is 0.571. The molecule has 0 amide bonds. The Morgan fingerprint density at radius 1 is 1.37 bits per heavy atom. The van der Waals surface area contributed by atoms with Crippen LogP contribution in [0.25, 0.3) is 0 Å². The topological polar surface area (TPSA) is 38.5 Å². The summed E-state index contributed by atoms with van der Waals surface area (Å²) < 4.78 is 6.74. The van der Waals surface area contributed by atoms with Gasteiger partial charge in [0, 0.05) is 36.4 Å². The summed E-state index contributed by atoms with van der Waals surface area (Å²) in [6.45, 7) is 2.78. The predicted octanol–water partition coefficient (Wildman–Crippen LogP) is 2.65. The lowest BCUT2D eigenvalue weighted by molar-refractivity contribution is 0.0102. The summed E-state index contributed by atoms with van der Waals surface area (Å²) in [4.78, 5) is 2.48. The van der Waals surface area contributed by atoms with E-state index in [1.165, 1.54) is 9.13 Å². The van der Waals surface area contributed by atoms with E-state index in [1.54, 1.807) is 7.11 Å². The van der Waals surface area contributed by atoms with E-state index < -0.39 is 0 Å². The molecule has 0 aliphatic carbocycles. The fourth-order valence-corrected chi connectivity index (χ4v) is 2.91. The molecule has 19 heavy (non-hydrogen) atoms. The van der Waals surface area contributed by atoms with Gasteiger partial charge in [-0.25, -0.2) is 0 Å². The van der Waals surface area contributed by atoms with Gasteiger partial charge in [0.2, 0.25) is 0 Å². The van der Waals surface area contributed by atoms with E-state index in [1.807, 2.05) is 0 Å². The van der Waals surface area contributed by atoms with Crippen molar-refractivity contribution in [1.29, 1.82) is 0 Å². The van der Waals surface area contributed by atoms with E-state index >= 15 is 0 Å². The molecule has 2 atom stereocenters. The van der Waals surface area contributed by atoms with Crippen molar-refractivity contribution in [3.8, 4) is 0 Å². The van der Waals surface area contributed by atoms with Crippen LogP contribution in [0.5, 0.6) is 0 Å². The molecule has 2 rings (SSSR count). The molecule has 2 N–H and O–H groups in total. The highest BCUT2D eigenvalue weighted by Gasteiger charge is 2.27. The number of likely N-dealkylation sites (tertiary alicyclic amines) is 1. The zero-order valence-electron chi connectivity index (χ0n) is 11.2. The smallest absolute Gasteiger partial charge is 0.0599 e. The largest absolute Gasteiger partial charge is 0.381 e. The zero-order chi connectivity index (χ0) is 13.0. The van der Waals surface area contributed by atoms with Crippen molar-refractivity contribution in [2.75, 3.05) is 20.2 Å². The Morgan fingerprint density at radius 2 is 2.05 bits per heavy atom. The van der Waals surface area contributed by atoms with E-state index in [-0.39, 0.29) is 12.4 Å². The molecule has 0 radical (unpaired) electrons. The molecule has 1 fully saturated rings. The zero-order valence-corrected chi connectivity index (χ0v) is 14.2. The van der Waals surface area contributed by atoms with Gasteiger partial charge in [-0.15, -0.1) is 12.4 Å². The molecule has 0 saturated carbocycles. The molecule has 2 unspecified atom stereocenters. The normalized spacial score (nSPS) is 23.9. The van der Waals surface area contributed by atoms with Crippen LogP contribution in [0, 0.1) is 3.57 Å². The van der Waals surface area contributed by atoms with Crippen molar-refractivity contribution >= 4 is 35.0 Å². The first-order valence-electron chi connectivity index (χ1n) is 6.44. The van der Waals surface area contributed by atoms with Crippen LogP contribution in [0.4, 0.5) is 0 Å². The van der Waals surface area contributed by atoms with E-state index in [2.05, 4.69) is 51.8 Å². The van der Waals surface area contributed by atoms with Crippen LogP contribution in [0.2, 0.25) is 0 Å². The Kier molecular flexibility index (Phi) is 7.61. The average molecular weight is 397 g/mol. The van der Waals surface area contributed by atoms with Crippen LogP contribution in [0.3, 0.4) is 0 Å². The van der Waals surface area contributed by atoms with Gasteiger partial charge in [-0.2, -0.15) is 0 Å². The quantitative estimate of drug-likeness (QED) is 0.795. The number of nitrogens with two attached hydrogens (primary N) is 1. The Morgan fingerprint density at radius 3 is 2.63 bits per heavy atom. The van der Waals surface area contributed by atoms with Gasteiger partial charge in [0.05, 0.1) is 6.10 Å². The summed E-state index contributed by atoms with van der Waals surface area (Å²) in [6.07, 6.45) is 2.54. The molecule has 0 spiro atoms. The number of hydrogen-bond acceptors (Lipinski definition) is 3. The number of methoxy groups -OCH3 is 1. The highest BCUT2D eigenvalue weighted by atomic mass is 127. The minimum Gasteiger partial charge on any atom is -0.381 e. The number of hydrogen-bond donors (Lipinski definition) is 1. The lowest BCUT2D eigenvalue weighted by Crippen LogP contribution is -2.47. The van der Waals surface area contributed by atoms with Crippen molar-refractivity contribution < 1.29 is 4.74 Å². The lowest BCUT2D eigenvalue weighted by atomic mass is 9.98. The molecule has 5 heteroatoms. The van der Waals surface area contributed by atoms with Crippen molar-refractivity contribution in [1.82, 2.24) is 4.90 Å². The predicted molar refractivity (Wildman–Crippen MR) is 89.7 cm³/mol. The van der Waals surface area contributed by atoms with E-state index in [9.17, 15) is 0 Å². The Balaban J connectivity index is 0.00000180. The van der Waals surface area contributed by atoms with Crippen molar-refractivity contribution in [3.05, 3.63) is 33.4 Å². The number of rotatable bonds is 4. The lowest BCUT2D eigenvalue weighted by Gasteiger charge is -2.38. The third-order valence-electron chi connectivity index (χ3n) is 3.69. The third kappa shape index (κ3) is 4.86. The van der Waals surface area contributed by atoms with Gasteiger partial charge >= 0.3 is 0 Å². The molecule has 1 aromatic rings. The maximum Gasteiger partial charge on any atom is 0.0599 e. The second-order valence-corrected chi connectivity index (χ2v) is 6.11. The summed E-state index contributed by atoms with van der Waals surface area (Å²) in [7, 11) is 1.80. The minimum absolute atomic E-state index is 0. The van der Waals surface area contributed by atoms with Gasteiger partial charge < -0.3 is 10.5 Å². The molecule has 0 aromatic heterocycles. The molecule has 1 aliphatic heterocycles. The van der Waals surface area contributed by atoms with Gasteiger partial charge in [0.1, 0.15) is 0 Å². The monoisotopic (exact) mass is 396 g/mol. The Bertz CT molecular complexity index is 374. The van der Waals surface area contributed by atoms with Gasteiger partial charge in [0.15, 0.2) is 0 Å². The van der Waals surface area contributed by atoms with E-state index in [4.69, 9.17) is 10.5 Å². The maximum absolute atomic E-state index is 5.89. The minimum atomic E-state index is 0. The fourth-order valence-electron chi connectivity index (χ4n) is 2.55. The summed E-state index contributed by atoms with van der Waals surface area (Å²) in [5.74, 6) is 0. The molecular weight excluding hydrogens is 375 g/mol. The number of halogens is 2. The second kappa shape index (κ2) is 8.42. The molecule has 1 aromatic carbocycles. The number of benzene rings is 1. The molecular formula is C14H22ClIN2O. The summed E-state index contributed by atoms with van der Waals surface area (Å²) in [5, 5.41) is 0. The standard InChI is InChI=1S/C14H21IN2O.ClH/c1-18-14-6-7-17(13(8-14)9-16)10-11-2-4-12(15)5-3-11;/h2-5,13-14H,6-10,16H2,1H3;1H. The highest BCUT2D eigenvalue weighted by Crippen LogP contribution is 2.21. The number of piperidine rings is 1. The average Bonchev–Trinajstić information content (AvgIpc) is 2.41. The van der Waals surface area contributed by atoms with Crippen LogP contribution in [0.1, 0.15) is 18.4 Å². The maximum atomic E-state index is 5.89. The number of ether oxygens (including phenoxy) is 1. The van der Waals surface area contributed by atoms with Crippen molar-refractivity contribution in [3.63, 3.8) is 0 Å². The Hall–Kier alpha value is 0.120. The van der Waals surface area contributed by atoms with Crippen molar-refractivity contribution in [2.24, 2.45) is 5.73 Å². The van der Waals surface area contributed by atoms with Crippen LogP contribution < -0.4 is 5.73 Å². The van der Waals surface area contributed by atoms with E-state index in [0.29, 0.717) is 18.7 Å². The molecule has 1 aliphatic rings. The van der Waals surface area contributed by atoms with Crippen LogP contribution in [-0.2, 0) is 11.3 Å². The Labute approximate surface area is 135 Å². The summed E-state index contributed by atoms with van der Waals surface area (Å²) >= 11 is 2.34. The first kappa shape index (κ1) is 17.2. The van der Waals surface area contributed by atoms with Gasteiger partial charge in [-0.05, 0) is 53.1 Å². The molecule has 108 valence electrons. The first-order valence-corrected chi connectivity index (χ1v) is 7.52.